The van der Waals surface area contributed by atoms with Crippen molar-refractivity contribution in [3.63, 3.8) is 0 Å². The van der Waals surface area contributed by atoms with Crippen molar-refractivity contribution >= 4 is 13.3 Å². The summed E-state index contributed by atoms with van der Waals surface area (Å²) in [6.45, 7) is 7.44. The van der Waals surface area contributed by atoms with Crippen molar-refractivity contribution in [2.45, 2.75) is 51.9 Å². The smallest absolute Gasteiger partial charge is 0.360 e. The zero-order valence-corrected chi connectivity index (χ0v) is 17.3. The van der Waals surface area contributed by atoms with Crippen molar-refractivity contribution < 1.29 is 28.0 Å². The van der Waals surface area contributed by atoms with Crippen LogP contribution in [0.3, 0.4) is 0 Å². The van der Waals surface area contributed by atoms with Gasteiger partial charge in [-0.1, -0.05) is 12.1 Å². The Labute approximate surface area is 159 Å². The second-order valence-corrected chi connectivity index (χ2v) is 9.43. The van der Waals surface area contributed by atoms with Crippen LogP contribution in [-0.2, 0) is 23.1 Å². The molecule has 8 nitrogen and oxygen atoms in total. The maximum atomic E-state index is 13.1. The van der Waals surface area contributed by atoms with E-state index in [-0.39, 0.29) is 5.69 Å². The Kier molecular flexibility index (Phi) is 6.47. The number of hydrogen-bond donors (Lipinski definition) is 0. The Morgan fingerprint density at radius 3 is 2.19 bits per heavy atom. The minimum atomic E-state index is -3.58. The van der Waals surface area contributed by atoms with Crippen LogP contribution in [0.1, 0.15) is 45.6 Å². The molecule has 0 aliphatic carbocycles. The topological polar surface area (TPSA) is 97.1 Å². The van der Waals surface area contributed by atoms with Crippen LogP contribution in [0.5, 0.6) is 0 Å². The first-order valence-electron chi connectivity index (χ1n) is 8.52. The standard InChI is InChI=1S/C18H26NO7P/c1-12-17(27(22,23-5)24-6)15(11-16(25-12)26-18(2,3)4)13-7-9-14(10-8-13)19(20)21/h7-10,15-16H,11H2,1-6H3. The van der Waals surface area contributed by atoms with Gasteiger partial charge in [0.2, 0.25) is 6.29 Å². The first kappa shape index (κ1) is 21.6. The highest BCUT2D eigenvalue weighted by Crippen LogP contribution is 2.63. The zero-order chi connectivity index (χ0) is 20.4. The molecule has 1 heterocycles. The number of nitro benzene ring substituents is 1. The van der Waals surface area contributed by atoms with Gasteiger partial charge in [0.25, 0.3) is 5.69 Å². The van der Waals surface area contributed by atoms with Gasteiger partial charge in [-0.05, 0) is 33.3 Å². The van der Waals surface area contributed by atoms with Crippen LogP contribution in [0.25, 0.3) is 0 Å². The number of allylic oxidation sites excluding steroid dienone is 2. The summed E-state index contributed by atoms with van der Waals surface area (Å²) in [5.41, 5.74) is 0.293. The van der Waals surface area contributed by atoms with E-state index in [1.165, 1.54) is 26.4 Å². The Morgan fingerprint density at radius 2 is 1.74 bits per heavy atom. The van der Waals surface area contributed by atoms with E-state index < -0.39 is 30.3 Å². The minimum Gasteiger partial charge on any atom is -0.469 e. The minimum absolute atomic E-state index is 0.0165. The van der Waals surface area contributed by atoms with Crippen LogP contribution in [-0.4, -0.2) is 31.0 Å². The Balaban J connectivity index is 2.51. The van der Waals surface area contributed by atoms with Crippen LogP contribution < -0.4 is 0 Å². The van der Waals surface area contributed by atoms with Gasteiger partial charge in [-0.3, -0.25) is 14.7 Å². The molecule has 0 saturated heterocycles. The first-order chi connectivity index (χ1) is 12.5. The fourth-order valence-electron chi connectivity index (χ4n) is 3.10. The summed E-state index contributed by atoms with van der Waals surface area (Å²) in [6, 6.07) is 6.13. The van der Waals surface area contributed by atoms with E-state index in [0.29, 0.717) is 17.5 Å². The third-order valence-electron chi connectivity index (χ3n) is 4.19. The highest BCUT2D eigenvalue weighted by molar-refractivity contribution is 7.58. The van der Waals surface area contributed by atoms with Gasteiger partial charge in [0.1, 0.15) is 5.76 Å². The molecule has 1 aliphatic rings. The quantitative estimate of drug-likeness (QED) is 0.379. The van der Waals surface area contributed by atoms with Crippen molar-refractivity contribution in [1.82, 2.24) is 0 Å². The van der Waals surface area contributed by atoms with Gasteiger partial charge in [-0.15, -0.1) is 0 Å². The molecule has 2 rings (SSSR count). The van der Waals surface area contributed by atoms with E-state index in [4.69, 9.17) is 18.5 Å². The number of ether oxygens (including phenoxy) is 2. The molecule has 0 amide bonds. The second kappa shape index (κ2) is 8.10. The van der Waals surface area contributed by atoms with E-state index in [9.17, 15) is 14.7 Å². The van der Waals surface area contributed by atoms with Gasteiger partial charge in [0, 0.05) is 38.7 Å². The molecule has 2 atom stereocenters. The molecule has 0 bridgehead atoms. The van der Waals surface area contributed by atoms with Crippen molar-refractivity contribution in [1.29, 1.82) is 0 Å². The molecule has 1 aromatic carbocycles. The lowest BCUT2D eigenvalue weighted by Gasteiger charge is -2.37. The summed E-state index contributed by atoms with van der Waals surface area (Å²) < 4.78 is 35.3. The van der Waals surface area contributed by atoms with E-state index in [1.54, 1.807) is 19.1 Å². The highest BCUT2D eigenvalue weighted by Gasteiger charge is 2.43. The number of nitrogens with zero attached hydrogens (tertiary/aromatic N) is 1. The number of non-ortho nitro benzene ring substituents is 1. The molecule has 0 spiro atoms. The molecule has 150 valence electrons. The maximum Gasteiger partial charge on any atom is 0.360 e. The molecular weight excluding hydrogens is 373 g/mol. The maximum absolute atomic E-state index is 13.1. The molecule has 0 N–H and O–H groups in total. The molecule has 27 heavy (non-hydrogen) atoms. The lowest BCUT2D eigenvalue weighted by Crippen LogP contribution is -2.33. The third-order valence-corrected chi connectivity index (χ3v) is 6.37. The predicted octanol–water partition coefficient (Wildman–Crippen LogP) is 4.96. The average molecular weight is 399 g/mol. The van der Waals surface area contributed by atoms with Gasteiger partial charge in [0.05, 0.1) is 15.8 Å². The van der Waals surface area contributed by atoms with Gasteiger partial charge >= 0.3 is 7.60 Å². The Morgan fingerprint density at radius 1 is 1.19 bits per heavy atom. The van der Waals surface area contributed by atoms with Crippen molar-refractivity contribution in [3.05, 3.63) is 51.0 Å². The predicted molar refractivity (Wildman–Crippen MR) is 100 cm³/mol. The Bertz CT molecular complexity index is 759. The van der Waals surface area contributed by atoms with E-state index in [1.807, 2.05) is 20.8 Å². The molecule has 0 fully saturated rings. The average Bonchev–Trinajstić information content (AvgIpc) is 2.59. The van der Waals surface area contributed by atoms with Crippen LogP contribution >= 0.6 is 7.60 Å². The van der Waals surface area contributed by atoms with E-state index in [2.05, 4.69) is 0 Å². The molecule has 1 aliphatic heterocycles. The summed E-state index contributed by atoms with van der Waals surface area (Å²) >= 11 is 0. The number of nitro groups is 1. The summed E-state index contributed by atoms with van der Waals surface area (Å²) in [6.07, 6.45) is -0.186. The van der Waals surface area contributed by atoms with Crippen LogP contribution in [0.2, 0.25) is 0 Å². The lowest BCUT2D eigenvalue weighted by molar-refractivity contribution is -0.384. The molecular formula is C18H26NO7P. The summed E-state index contributed by atoms with van der Waals surface area (Å²) in [5, 5.41) is 11.3. The number of benzene rings is 1. The summed E-state index contributed by atoms with van der Waals surface area (Å²) in [4.78, 5) is 10.5. The van der Waals surface area contributed by atoms with Crippen LogP contribution in [0, 0.1) is 10.1 Å². The normalized spacial score (nSPS) is 21.1. The third kappa shape index (κ3) is 4.96. The van der Waals surface area contributed by atoms with Crippen LogP contribution in [0.15, 0.2) is 35.3 Å². The number of rotatable bonds is 6. The van der Waals surface area contributed by atoms with E-state index in [0.717, 1.165) is 5.56 Å². The van der Waals surface area contributed by atoms with Crippen molar-refractivity contribution in [2.75, 3.05) is 14.2 Å². The van der Waals surface area contributed by atoms with E-state index >= 15 is 0 Å². The summed E-state index contributed by atoms with van der Waals surface area (Å²) in [7, 11) is -0.948. The summed E-state index contributed by atoms with van der Waals surface area (Å²) in [5.74, 6) is 0.0172. The van der Waals surface area contributed by atoms with Gasteiger partial charge < -0.3 is 18.5 Å². The van der Waals surface area contributed by atoms with Crippen LogP contribution in [0.4, 0.5) is 5.69 Å². The fourth-order valence-corrected chi connectivity index (χ4v) is 4.72. The molecule has 9 heteroatoms. The molecule has 1 aromatic rings. The molecule has 0 aromatic heterocycles. The zero-order valence-electron chi connectivity index (χ0n) is 16.4. The molecule has 2 unspecified atom stereocenters. The Hall–Kier alpha value is -1.73. The molecule has 0 radical (unpaired) electrons. The lowest BCUT2D eigenvalue weighted by atomic mass is 9.92. The number of hydrogen-bond acceptors (Lipinski definition) is 7. The SMILES string of the molecule is COP(=O)(OC)C1=C(C)OC(OC(C)(C)C)CC1c1ccc([N+](=O)[O-])cc1. The van der Waals surface area contributed by atoms with Gasteiger partial charge in [-0.25, -0.2) is 0 Å². The van der Waals surface area contributed by atoms with Gasteiger partial charge in [-0.2, -0.15) is 0 Å². The monoisotopic (exact) mass is 399 g/mol. The molecule has 0 saturated carbocycles. The largest absolute Gasteiger partial charge is 0.469 e. The van der Waals surface area contributed by atoms with Gasteiger partial charge in [0.15, 0.2) is 0 Å². The van der Waals surface area contributed by atoms with Crippen molar-refractivity contribution in [3.8, 4) is 0 Å². The highest BCUT2D eigenvalue weighted by atomic mass is 31.2. The second-order valence-electron chi connectivity index (χ2n) is 7.22. The fraction of sp³-hybridized carbons (Fsp3) is 0.556. The first-order valence-corrected chi connectivity index (χ1v) is 10.1. The van der Waals surface area contributed by atoms with Crippen molar-refractivity contribution in [2.24, 2.45) is 0 Å².